The Kier molecular flexibility index (Phi) is 14.1. The molecule has 0 aliphatic carbocycles. The molecule has 1 aliphatic rings. The van der Waals surface area contributed by atoms with Crippen molar-refractivity contribution in [2.75, 3.05) is 32.7 Å². The van der Waals surface area contributed by atoms with Gasteiger partial charge in [0.05, 0.1) is 0 Å². The Morgan fingerprint density at radius 1 is 1.30 bits per heavy atom. The molecule has 122 valence electrons. The third kappa shape index (κ3) is 8.30. The second-order valence-electron chi connectivity index (χ2n) is 5.25. The molecule has 0 unspecified atom stereocenters. The zero-order chi connectivity index (χ0) is 13.4. The van der Waals surface area contributed by atoms with Gasteiger partial charge in [-0.3, -0.25) is 4.79 Å². The first-order valence-electron chi connectivity index (χ1n) is 7.40. The highest BCUT2D eigenvalue weighted by atomic mass is 35.5. The Morgan fingerprint density at radius 3 is 2.50 bits per heavy atom. The average molecular weight is 328 g/mol. The van der Waals surface area contributed by atoms with E-state index in [9.17, 15) is 4.79 Å². The molecule has 0 bridgehead atoms. The summed E-state index contributed by atoms with van der Waals surface area (Å²) >= 11 is 0. The van der Waals surface area contributed by atoms with Gasteiger partial charge in [0.25, 0.3) is 0 Å². The lowest BCUT2D eigenvalue weighted by atomic mass is 9.92. The summed E-state index contributed by atoms with van der Waals surface area (Å²) in [4.78, 5) is 14.4. The first-order valence-corrected chi connectivity index (χ1v) is 7.40. The summed E-state index contributed by atoms with van der Waals surface area (Å²) in [5.74, 6) is 0.470. The van der Waals surface area contributed by atoms with Gasteiger partial charge in [-0.15, -0.1) is 24.8 Å². The zero-order valence-corrected chi connectivity index (χ0v) is 14.6. The van der Waals surface area contributed by atoms with Gasteiger partial charge >= 0.3 is 0 Å². The normalized spacial score (nSPS) is 21.8. The molecule has 0 aromatic rings. The second kappa shape index (κ2) is 12.7. The molecule has 0 saturated carbocycles. The topological polar surface area (TPSA) is 44.4 Å². The fourth-order valence-electron chi connectivity index (χ4n) is 2.57. The van der Waals surface area contributed by atoms with Crippen LogP contribution in [0.2, 0.25) is 0 Å². The van der Waals surface area contributed by atoms with Crippen LogP contribution in [0.25, 0.3) is 0 Å². The van der Waals surface area contributed by atoms with Crippen molar-refractivity contribution in [3.63, 3.8) is 0 Å². The number of nitrogens with one attached hydrogen (secondary N) is 2. The van der Waals surface area contributed by atoms with Crippen molar-refractivity contribution in [1.82, 2.24) is 15.5 Å². The molecule has 0 aromatic heterocycles. The maximum absolute atomic E-state index is 12.0. The fraction of sp³-hybridized carbons (Fsp3) is 0.929. The summed E-state index contributed by atoms with van der Waals surface area (Å²) in [6.45, 7) is 11.6. The number of carbonyl (C=O) groups excluding carboxylic acids is 1. The van der Waals surface area contributed by atoms with E-state index in [0.717, 1.165) is 52.0 Å². The van der Waals surface area contributed by atoms with Crippen LogP contribution in [0, 0.1) is 5.92 Å². The van der Waals surface area contributed by atoms with Crippen molar-refractivity contribution >= 4 is 30.7 Å². The van der Waals surface area contributed by atoms with E-state index in [1.807, 2.05) is 0 Å². The lowest BCUT2D eigenvalue weighted by molar-refractivity contribution is -0.126. The second-order valence-corrected chi connectivity index (χ2v) is 5.25. The summed E-state index contributed by atoms with van der Waals surface area (Å²) in [5, 5.41) is 6.46. The highest BCUT2D eigenvalue weighted by Crippen LogP contribution is 2.15. The number of halogens is 2. The first kappa shape index (κ1) is 22.3. The van der Waals surface area contributed by atoms with Crippen molar-refractivity contribution in [1.29, 1.82) is 0 Å². The standard InChI is InChI=1S/C14H29N3O.2ClH/c1-4-17(5-2)10-6-8-16-14(18)13-7-9-15-12(3)11-13;;/h12-13,15H,4-11H2,1-3H3,(H,16,18);2*1H/t12-,13-;;/m0../s1. The lowest BCUT2D eigenvalue weighted by Gasteiger charge is -2.27. The van der Waals surface area contributed by atoms with Crippen molar-refractivity contribution in [2.45, 2.75) is 46.1 Å². The lowest BCUT2D eigenvalue weighted by Crippen LogP contribution is -2.42. The van der Waals surface area contributed by atoms with Crippen LogP contribution in [0.15, 0.2) is 0 Å². The Hall–Kier alpha value is -0.0300. The summed E-state index contributed by atoms with van der Waals surface area (Å²) in [6, 6.07) is 0.477. The monoisotopic (exact) mass is 327 g/mol. The summed E-state index contributed by atoms with van der Waals surface area (Å²) < 4.78 is 0. The van der Waals surface area contributed by atoms with Crippen LogP contribution in [0.5, 0.6) is 0 Å². The van der Waals surface area contributed by atoms with Crippen LogP contribution < -0.4 is 10.6 Å². The van der Waals surface area contributed by atoms with Crippen LogP contribution >= 0.6 is 24.8 Å². The third-order valence-corrected chi connectivity index (χ3v) is 3.84. The highest BCUT2D eigenvalue weighted by Gasteiger charge is 2.24. The molecule has 4 nitrogen and oxygen atoms in total. The molecule has 1 heterocycles. The van der Waals surface area contributed by atoms with Crippen molar-refractivity contribution in [3.8, 4) is 0 Å². The van der Waals surface area contributed by atoms with E-state index in [-0.39, 0.29) is 36.6 Å². The van der Waals surface area contributed by atoms with Crippen molar-refractivity contribution < 1.29 is 4.79 Å². The molecular weight excluding hydrogens is 297 g/mol. The van der Waals surface area contributed by atoms with Gasteiger partial charge in [0, 0.05) is 18.5 Å². The van der Waals surface area contributed by atoms with Gasteiger partial charge < -0.3 is 15.5 Å². The van der Waals surface area contributed by atoms with E-state index in [1.165, 1.54) is 0 Å². The third-order valence-electron chi connectivity index (χ3n) is 3.84. The largest absolute Gasteiger partial charge is 0.356 e. The van der Waals surface area contributed by atoms with E-state index < -0.39 is 0 Å². The number of hydrogen-bond donors (Lipinski definition) is 2. The van der Waals surface area contributed by atoms with E-state index >= 15 is 0 Å². The maximum Gasteiger partial charge on any atom is 0.223 e. The molecule has 1 rings (SSSR count). The Labute approximate surface area is 136 Å². The van der Waals surface area contributed by atoms with Gasteiger partial charge in [-0.1, -0.05) is 13.8 Å². The fourth-order valence-corrected chi connectivity index (χ4v) is 2.57. The van der Waals surface area contributed by atoms with E-state index in [4.69, 9.17) is 0 Å². The molecule has 1 saturated heterocycles. The zero-order valence-electron chi connectivity index (χ0n) is 13.0. The number of nitrogens with zero attached hydrogens (tertiary/aromatic N) is 1. The van der Waals surface area contributed by atoms with Crippen LogP contribution in [-0.2, 0) is 4.79 Å². The Balaban J connectivity index is 0. The average Bonchev–Trinajstić information content (AvgIpc) is 2.38. The Morgan fingerprint density at radius 2 is 1.95 bits per heavy atom. The predicted molar refractivity (Wildman–Crippen MR) is 90.1 cm³/mol. The molecule has 1 aliphatic heterocycles. The van der Waals surface area contributed by atoms with Gasteiger partial charge in [-0.25, -0.2) is 0 Å². The van der Waals surface area contributed by atoms with Crippen molar-refractivity contribution in [3.05, 3.63) is 0 Å². The minimum Gasteiger partial charge on any atom is -0.356 e. The van der Waals surface area contributed by atoms with Crippen LogP contribution in [0.3, 0.4) is 0 Å². The molecule has 1 fully saturated rings. The smallest absolute Gasteiger partial charge is 0.223 e. The van der Waals surface area contributed by atoms with Crippen LogP contribution in [0.1, 0.15) is 40.0 Å². The van der Waals surface area contributed by atoms with Crippen LogP contribution in [-0.4, -0.2) is 49.6 Å². The molecule has 0 radical (unpaired) electrons. The van der Waals surface area contributed by atoms with Gasteiger partial charge in [-0.2, -0.15) is 0 Å². The molecule has 0 aromatic carbocycles. The van der Waals surface area contributed by atoms with E-state index in [2.05, 4.69) is 36.3 Å². The number of amides is 1. The van der Waals surface area contributed by atoms with Gasteiger partial charge in [0.2, 0.25) is 5.91 Å². The highest BCUT2D eigenvalue weighted by molar-refractivity contribution is 5.85. The summed E-state index contributed by atoms with van der Waals surface area (Å²) in [6.07, 6.45) is 3.00. The predicted octanol–water partition coefficient (Wildman–Crippen LogP) is 2.07. The molecule has 0 spiro atoms. The van der Waals surface area contributed by atoms with Crippen LogP contribution in [0.4, 0.5) is 0 Å². The number of rotatable bonds is 7. The first-order chi connectivity index (χ1) is 8.67. The van der Waals surface area contributed by atoms with E-state index in [0.29, 0.717) is 6.04 Å². The minimum atomic E-state index is 0. The summed E-state index contributed by atoms with van der Waals surface area (Å²) in [5.41, 5.74) is 0. The SMILES string of the molecule is CCN(CC)CCCNC(=O)[C@H]1CCN[C@@H](C)C1.Cl.Cl. The molecule has 1 amide bonds. The molecular formula is C14H31Cl2N3O. The number of piperidine rings is 1. The minimum absolute atomic E-state index is 0. The maximum atomic E-state index is 12.0. The van der Waals surface area contributed by atoms with Crippen molar-refractivity contribution in [2.24, 2.45) is 5.92 Å². The Bertz CT molecular complexity index is 251. The number of hydrogen-bond acceptors (Lipinski definition) is 3. The summed E-state index contributed by atoms with van der Waals surface area (Å²) in [7, 11) is 0. The quantitative estimate of drug-likeness (QED) is 0.703. The molecule has 2 N–H and O–H groups in total. The van der Waals surface area contributed by atoms with Gasteiger partial charge in [0.15, 0.2) is 0 Å². The molecule has 6 heteroatoms. The van der Waals surface area contributed by atoms with E-state index in [1.54, 1.807) is 0 Å². The molecule has 2 atom stereocenters. The van der Waals surface area contributed by atoms with Gasteiger partial charge in [0.1, 0.15) is 0 Å². The van der Waals surface area contributed by atoms with Gasteiger partial charge in [-0.05, 0) is 52.4 Å². The number of carbonyl (C=O) groups is 1. The molecule has 20 heavy (non-hydrogen) atoms.